The van der Waals surface area contributed by atoms with Crippen molar-refractivity contribution in [2.45, 2.75) is 6.42 Å². The second kappa shape index (κ2) is 4.96. The summed E-state index contributed by atoms with van der Waals surface area (Å²) in [5.74, 6) is 0. The van der Waals surface area contributed by atoms with Crippen molar-refractivity contribution in [2.24, 2.45) is 5.73 Å². The van der Waals surface area contributed by atoms with E-state index in [1.165, 1.54) is 0 Å². The van der Waals surface area contributed by atoms with E-state index >= 15 is 0 Å². The molecule has 0 bridgehead atoms. The Labute approximate surface area is 77.8 Å². The molecule has 0 aliphatic carbocycles. The van der Waals surface area contributed by atoms with E-state index in [1.807, 2.05) is 36.4 Å². The maximum atomic E-state index is 5.94. The van der Waals surface area contributed by atoms with E-state index in [4.69, 9.17) is 17.3 Å². The molecule has 0 saturated heterocycles. The van der Waals surface area contributed by atoms with Crippen molar-refractivity contribution in [2.75, 3.05) is 6.54 Å². The molecule has 0 spiro atoms. The Morgan fingerprint density at radius 3 is 2.67 bits per heavy atom. The lowest BCUT2D eigenvalue weighted by Crippen LogP contribution is -1.92. The summed E-state index contributed by atoms with van der Waals surface area (Å²) < 4.78 is 0. The molecule has 1 nitrogen and oxygen atoms in total. The van der Waals surface area contributed by atoms with E-state index in [-0.39, 0.29) is 0 Å². The van der Waals surface area contributed by atoms with Crippen molar-refractivity contribution in [1.29, 1.82) is 0 Å². The summed E-state index contributed by atoms with van der Waals surface area (Å²) in [4.78, 5) is 0. The molecular formula is C10H12ClN. The summed E-state index contributed by atoms with van der Waals surface area (Å²) >= 11 is 5.94. The molecule has 0 unspecified atom stereocenters. The molecule has 0 amide bonds. The first kappa shape index (κ1) is 9.30. The fourth-order valence-corrected chi connectivity index (χ4v) is 1.18. The van der Waals surface area contributed by atoms with Crippen molar-refractivity contribution >= 4 is 11.6 Å². The van der Waals surface area contributed by atoms with Crippen LogP contribution >= 0.6 is 11.6 Å². The summed E-state index contributed by atoms with van der Waals surface area (Å²) in [5.41, 5.74) is 6.45. The number of benzene rings is 1. The average molecular weight is 182 g/mol. The lowest BCUT2D eigenvalue weighted by Gasteiger charge is -1.98. The Bertz CT molecular complexity index is 268. The predicted molar refractivity (Wildman–Crippen MR) is 53.4 cm³/mol. The first-order valence-corrected chi connectivity index (χ1v) is 4.31. The van der Waals surface area contributed by atoms with Gasteiger partial charge in [0, 0.05) is 11.6 Å². The Morgan fingerprint density at radius 1 is 1.25 bits per heavy atom. The zero-order chi connectivity index (χ0) is 8.81. The highest BCUT2D eigenvalue weighted by Gasteiger charge is 1.93. The van der Waals surface area contributed by atoms with Gasteiger partial charge in [0.25, 0.3) is 0 Å². The second-order valence-electron chi connectivity index (χ2n) is 2.50. The summed E-state index contributed by atoms with van der Waals surface area (Å²) in [7, 11) is 0. The Morgan fingerprint density at radius 2 is 2.00 bits per heavy atom. The van der Waals surface area contributed by atoms with Gasteiger partial charge < -0.3 is 5.73 Å². The van der Waals surface area contributed by atoms with Crippen LogP contribution in [0.4, 0.5) is 0 Å². The van der Waals surface area contributed by atoms with Crippen LogP contribution in [-0.2, 0) is 6.42 Å². The fourth-order valence-electron chi connectivity index (χ4n) is 0.970. The molecule has 1 rings (SSSR count). The van der Waals surface area contributed by atoms with Crippen LogP contribution < -0.4 is 5.73 Å². The van der Waals surface area contributed by atoms with Crippen molar-refractivity contribution in [3.05, 3.63) is 47.0 Å². The largest absolute Gasteiger partial charge is 0.327 e. The molecule has 0 radical (unpaired) electrons. The number of allylic oxidation sites excluding steroid dienone is 1. The molecule has 0 fully saturated rings. The van der Waals surface area contributed by atoms with Gasteiger partial charge >= 0.3 is 0 Å². The fraction of sp³-hybridized carbons (Fsp3) is 0.200. The molecule has 0 heterocycles. The molecule has 0 atom stereocenters. The van der Waals surface area contributed by atoms with Gasteiger partial charge in [0.05, 0.1) is 0 Å². The lowest BCUT2D eigenvalue weighted by molar-refractivity contribution is 1.20. The van der Waals surface area contributed by atoms with Crippen LogP contribution in [0.25, 0.3) is 0 Å². The SMILES string of the molecule is NC/C=C/Cc1ccccc1Cl. The van der Waals surface area contributed by atoms with Crippen LogP contribution in [0.3, 0.4) is 0 Å². The standard InChI is InChI=1S/C10H12ClN/c11-10-7-2-1-5-9(10)6-3-4-8-12/h1-5,7H,6,8,12H2/b4-3+. The number of halogens is 1. The Balaban J connectivity index is 2.63. The highest BCUT2D eigenvalue weighted by Crippen LogP contribution is 2.15. The molecule has 0 aromatic heterocycles. The van der Waals surface area contributed by atoms with Crippen LogP contribution in [0.15, 0.2) is 36.4 Å². The van der Waals surface area contributed by atoms with Gasteiger partial charge in [-0.05, 0) is 18.1 Å². The summed E-state index contributed by atoms with van der Waals surface area (Å²) in [5, 5.41) is 0.819. The molecule has 2 heteroatoms. The van der Waals surface area contributed by atoms with Gasteiger partial charge in [-0.1, -0.05) is 42.0 Å². The maximum Gasteiger partial charge on any atom is 0.0441 e. The van der Waals surface area contributed by atoms with Crippen LogP contribution in [0, 0.1) is 0 Å². The molecular weight excluding hydrogens is 170 g/mol. The summed E-state index contributed by atoms with van der Waals surface area (Å²) in [6.07, 6.45) is 4.82. The number of hydrogen-bond acceptors (Lipinski definition) is 1. The predicted octanol–water partition coefficient (Wildman–Crippen LogP) is 2.40. The van der Waals surface area contributed by atoms with Crippen molar-refractivity contribution < 1.29 is 0 Å². The molecule has 1 aromatic rings. The summed E-state index contributed by atoms with van der Waals surface area (Å²) in [6, 6.07) is 7.83. The van der Waals surface area contributed by atoms with Crippen LogP contribution in [0.2, 0.25) is 5.02 Å². The Hall–Kier alpha value is -0.790. The van der Waals surface area contributed by atoms with Gasteiger partial charge in [0.2, 0.25) is 0 Å². The van der Waals surface area contributed by atoms with Crippen LogP contribution in [-0.4, -0.2) is 6.54 Å². The molecule has 64 valence electrons. The van der Waals surface area contributed by atoms with Gasteiger partial charge in [-0.3, -0.25) is 0 Å². The number of hydrogen-bond donors (Lipinski definition) is 1. The minimum Gasteiger partial charge on any atom is -0.327 e. The normalized spacial score (nSPS) is 10.8. The third-order valence-corrected chi connectivity index (χ3v) is 1.97. The monoisotopic (exact) mass is 181 g/mol. The zero-order valence-corrected chi connectivity index (χ0v) is 7.59. The van der Waals surface area contributed by atoms with E-state index in [0.717, 1.165) is 17.0 Å². The van der Waals surface area contributed by atoms with Crippen LogP contribution in [0.1, 0.15) is 5.56 Å². The molecule has 2 N–H and O–H groups in total. The van der Waals surface area contributed by atoms with E-state index in [1.54, 1.807) is 0 Å². The first-order chi connectivity index (χ1) is 5.84. The lowest BCUT2D eigenvalue weighted by atomic mass is 10.1. The van der Waals surface area contributed by atoms with E-state index < -0.39 is 0 Å². The minimum absolute atomic E-state index is 0.588. The second-order valence-corrected chi connectivity index (χ2v) is 2.91. The number of rotatable bonds is 3. The van der Waals surface area contributed by atoms with Gasteiger partial charge in [0.1, 0.15) is 0 Å². The van der Waals surface area contributed by atoms with Gasteiger partial charge in [-0.15, -0.1) is 0 Å². The third-order valence-electron chi connectivity index (χ3n) is 1.60. The smallest absolute Gasteiger partial charge is 0.0441 e. The van der Waals surface area contributed by atoms with E-state index in [0.29, 0.717) is 6.54 Å². The molecule has 0 aliphatic heterocycles. The maximum absolute atomic E-state index is 5.94. The van der Waals surface area contributed by atoms with Crippen molar-refractivity contribution in [3.63, 3.8) is 0 Å². The van der Waals surface area contributed by atoms with Gasteiger partial charge in [-0.2, -0.15) is 0 Å². The molecule has 1 aromatic carbocycles. The van der Waals surface area contributed by atoms with E-state index in [2.05, 4.69) is 0 Å². The highest BCUT2D eigenvalue weighted by molar-refractivity contribution is 6.31. The van der Waals surface area contributed by atoms with Gasteiger partial charge in [0.15, 0.2) is 0 Å². The van der Waals surface area contributed by atoms with Crippen LogP contribution in [0.5, 0.6) is 0 Å². The number of nitrogens with two attached hydrogens (primary N) is 1. The Kier molecular flexibility index (Phi) is 3.85. The first-order valence-electron chi connectivity index (χ1n) is 3.93. The van der Waals surface area contributed by atoms with E-state index in [9.17, 15) is 0 Å². The third kappa shape index (κ3) is 2.68. The quantitative estimate of drug-likeness (QED) is 0.713. The van der Waals surface area contributed by atoms with Crippen molar-refractivity contribution in [1.82, 2.24) is 0 Å². The zero-order valence-electron chi connectivity index (χ0n) is 6.83. The average Bonchev–Trinajstić information content (AvgIpc) is 2.09. The minimum atomic E-state index is 0.588. The van der Waals surface area contributed by atoms with Gasteiger partial charge in [-0.25, -0.2) is 0 Å². The molecule has 0 saturated carbocycles. The topological polar surface area (TPSA) is 26.0 Å². The summed E-state index contributed by atoms with van der Waals surface area (Å²) in [6.45, 7) is 0.588. The molecule has 12 heavy (non-hydrogen) atoms. The van der Waals surface area contributed by atoms with Crippen molar-refractivity contribution in [3.8, 4) is 0 Å². The molecule has 0 aliphatic rings. The highest BCUT2D eigenvalue weighted by atomic mass is 35.5.